The maximum absolute atomic E-state index is 11.3. The summed E-state index contributed by atoms with van der Waals surface area (Å²) in [6.07, 6.45) is 10.8. The van der Waals surface area contributed by atoms with Gasteiger partial charge in [-0.05, 0) is 92.3 Å². The first-order valence-corrected chi connectivity index (χ1v) is 10.2. The Balaban J connectivity index is 1.53. The Morgan fingerprint density at radius 2 is 1.67 bits per heavy atom. The van der Waals surface area contributed by atoms with Crippen LogP contribution in [0.25, 0.3) is 0 Å². The number of aliphatic hydroxyl groups is 1. The summed E-state index contributed by atoms with van der Waals surface area (Å²) in [6, 6.07) is 0. The molecule has 4 aliphatic rings. The molecule has 0 heterocycles. The lowest BCUT2D eigenvalue weighted by atomic mass is 9.45. The fourth-order valence-electron chi connectivity index (χ4n) is 7.53. The van der Waals surface area contributed by atoms with Crippen molar-refractivity contribution in [2.24, 2.45) is 34.5 Å². The number of hydrogen-bond donors (Lipinski definition) is 1. The summed E-state index contributed by atoms with van der Waals surface area (Å²) in [5.41, 5.74) is 0.605. The van der Waals surface area contributed by atoms with Gasteiger partial charge in [-0.15, -0.1) is 0 Å². The summed E-state index contributed by atoms with van der Waals surface area (Å²) in [6.45, 7) is 6.43. The van der Waals surface area contributed by atoms with Crippen LogP contribution >= 0.6 is 0 Å². The van der Waals surface area contributed by atoms with Crippen molar-refractivity contribution in [2.45, 2.75) is 90.8 Å². The van der Waals surface area contributed by atoms with E-state index in [0.717, 1.165) is 37.0 Å². The molecule has 0 radical (unpaired) electrons. The number of esters is 1. The highest BCUT2D eigenvalue weighted by molar-refractivity contribution is 5.66. The van der Waals surface area contributed by atoms with E-state index in [2.05, 4.69) is 13.8 Å². The maximum Gasteiger partial charge on any atom is 0.302 e. The number of hydrogen-bond acceptors (Lipinski definition) is 3. The molecular formula is C21H34O3. The minimum atomic E-state index is -0.120. The number of rotatable bonds is 1. The van der Waals surface area contributed by atoms with Gasteiger partial charge < -0.3 is 9.84 Å². The van der Waals surface area contributed by atoms with Crippen LogP contribution in [0.15, 0.2) is 0 Å². The topological polar surface area (TPSA) is 46.5 Å². The summed E-state index contributed by atoms with van der Waals surface area (Å²) < 4.78 is 5.55. The van der Waals surface area contributed by atoms with Crippen molar-refractivity contribution in [2.75, 3.05) is 0 Å². The number of carbonyl (C=O) groups excluding carboxylic acids is 1. The summed E-state index contributed by atoms with van der Waals surface area (Å²) in [5, 5.41) is 10.5. The van der Waals surface area contributed by atoms with Crippen LogP contribution in [0.5, 0.6) is 0 Å². The number of carbonyl (C=O) groups is 1. The van der Waals surface area contributed by atoms with Crippen LogP contribution in [0.1, 0.15) is 78.6 Å². The van der Waals surface area contributed by atoms with Crippen LogP contribution < -0.4 is 0 Å². The second-order valence-corrected chi connectivity index (χ2v) is 9.80. The van der Waals surface area contributed by atoms with Crippen LogP contribution in [-0.2, 0) is 9.53 Å². The summed E-state index contributed by atoms with van der Waals surface area (Å²) in [5.74, 6) is 2.96. The minimum Gasteiger partial charge on any atom is -0.463 e. The fourth-order valence-corrected chi connectivity index (χ4v) is 7.53. The zero-order valence-electron chi connectivity index (χ0n) is 15.6. The molecule has 4 saturated carbocycles. The van der Waals surface area contributed by atoms with E-state index < -0.39 is 0 Å². The highest BCUT2D eigenvalue weighted by atomic mass is 16.5. The van der Waals surface area contributed by atoms with Crippen molar-refractivity contribution in [3.63, 3.8) is 0 Å². The zero-order chi connectivity index (χ0) is 17.1. The Bertz CT molecular complexity index is 517. The van der Waals surface area contributed by atoms with Crippen LogP contribution in [0, 0.1) is 34.5 Å². The Morgan fingerprint density at radius 1 is 0.958 bits per heavy atom. The molecule has 0 unspecified atom stereocenters. The Labute approximate surface area is 146 Å². The normalized spacial score (nSPS) is 53.7. The first kappa shape index (κ1) is 16.9. The Hall–Kier alpha value is -0.570. The molecule has 0 amide bonds. The molecule has 0 aromatic rings. The van der Waals surface area contributed by atoms with Gasteiger partial charge in [-0.3, -0.25) is 4.79 Å². The van der Waals surface area contributed by atoms with Crippen molar-refractivity contribution in [3.8, 4) is 0 Å². The van der Waals surface area contributed by atoms with E-state index in [1.165, 1.54) is 45.4 Å². The van der Waals surface area contributed by atoms with Crippen LogP contribution in [-0.4, -0.2) is 23.3 Å². The molecule has 3 heteroatoms. The van der Waals surface area contributed by atoms with Gasteiger partial charge in [0.15, 0.2) is 0 Å². The summed E-state index contributed by atoms with van der Waals surface area (Å²) in [4.78, 5) is 11.3. The number of fused-ring (bicyclic) bond motifs is 5. The smallest absolute Gasteiger partial charge is 0.302 e. The molecule has 0 aromatic carbocycles. The summed E-state index contributed by atoms with van der Waals surface area (Å²) >= 11 is 0. The molecule has 4 aliphatic carbocycles. The third-order valence-electron chi connectivity index (χ3n) is 8.90. The third kappa shape index (κ3) is 2.37. The first-order chi connectivity index (χ1) is 11.3. The van der Waals surface area contributed by atoms with Crippen LogP contribution in [0.2, 0.25) is 0 Å². The molecule has 0 aliphatic heterocycles. The van der Waals surface area contributed by atoms with E-state index in [0.29, 0.717) is 11.3 Å². The SMILES string of the molecule is CC(=O)O[C@H]1CC[C@@]2(C)[C@@H](CC[C@H]3[C@H]2CC[C@]2(C)[C@@H]3CC[C@@H]2O)C1. The van der Waals surface area contributed by atoms with E-state index >= 15 is 0 Å². The van der Waals surface area contributed by atoms with E-state index in [-0.39, 0.29) is 23.6 Å². The molecule has 1 N–H and O–H groups in total. The lowest BCUT2D eigenvalue weighted by molar-refractivity contribution is -0.161. The van der Waals surface area contributed by atoms with Gasteiger partial charge in [-0.25, -0.2) is 0 Å². The van der Waals surface area contributed by atoms with Crippen molar-refractivity contribution in [1.29, 1.82) is 0 Å². The van der Waals surface area contributed by atoms with Gasteiger partial charge in [0.2, 0.25) is 0 Å². The Morgan fingerprint density at radius 3 is 2.42 bits per heavy atom. The molecule has 4 fully saturated rings. The van der Waals surface area contributed by atoms with Gasteiger partial charge in [0.05, 0.1) is 6.10 Å². The third-order valence-corrected chi connectivity index (χ3v) is 8.90. The molecule has 0 aromatic heterocycles. The van der Waals surface area contributed by atoms with Gasteiger partial charge in [0.1, 0.15) is 6.10 Å². The number of ether oxygens (including phenoxy) is 1. The summed E-state index contributed by atoms with van der Waals surface area (Å²) in [7, 11) is 0. The van der Waals surface area contributed by atoms with Crippen LogP contribution in [0.4, 0.5) is 0 Å². The second-order valence-electron chi connectivity index (χ2n) is 9.80. The van der Waals surface area contributed by atoms with Crippen molar-refractivity contribution >= 4 is 5.97 Å². The van der Waals surface area contributed by atoms with Gasteiger partial charge in [0, 0.05) is 6.92 Å². The van der Waals surface area contributed by atoms with E-state index in [4.69, 9.17) is 4.74 Å². The monoisotopic (exact) mass is 334 g/mol. The fraction of sp³-hybridized carbons (Fsp3) is 0.952. The van der Waals surface area contributed by atoms with E-state index in [9.17, 15) is 9.90 Å². The second kappa shape index (κ2) is 5.72. The molecule has 0 saturated heterocycles. The van der Waals surface area contributed by atoms with Crippen molar-refractivity contribution in [3.05, 3.63) is 0 Å². The highest BCUT2D eigenvalue weighted by Gasteiger charge is 2.60. The predicted octanol–water partition coefficient (Wildman–Crippen LogP) is 4.32. The molecule has 8 atom stereocenters. The van der Waals surface area contributed by atoms with E-state index in [1.807, 2.05) is 0 Å². The largest absolute Gasteiger partial charge is 0.463 e. The van der Waals surface area contributed by atoms with Gasteiger partial charge in [-0.2, -0.15) is 0 Å². The average Bonchev–Trinajstić information content (AvgIpc) is 2.83. The standard InChI is InChI=1S/C21H34O3/c1-13(22)24-15-8-10-20(2)14(12-15)4-5-16-17-6-7-19(23)21(17,3)11-9-18(16)20/h14-19,23H,4-12H2,1-3H3/t14-,15-,16+,17+,18+,19-,20-,21+/m0/s1. The highest BCUT2D eigenvalue weighted by Crippen LogP contribution is 2.66. The lowest BCUT2D eigenvalue weighted by Gasteiger charge is -2.60. The van der Waals surface area contributed by atoms with Crippen molar-refractivity contribution in [1.82, 2.24) is 0 Å². The minimum absolute atomic E-state index is 0.0753. The van der Waals surface area contributed by atoms with Crippen LogP contribution in [0.3, 0.4) is 0 Å². The average molecular weight is 335 g/mol. The molecule has 0 spiro atoms. The van der Waals surface area contributed by atoms with Gasteiger partial charge >= 0.3 is 5.97 Å². The predicted molar refractivity (Wildman–Crippen MR) is 93.3 cm³/mol. The van der Waals surface area contributed by atoms with E-state index in [1.54, 1.807) is 0 Å². The first-order valence-electron chi connectivity index (χ1n) is 10.2. The van der Waals surface area contributed by atoms with Gasteiger partial charge in [0.25, 0.3) is 0 Å². The zero-order valence-corrected chi connectivity index (χ0v) is 15.6. The molecule has 3 nitrogen and oxygen atoms in total. The molecular weight excluding hydrogens is 300 g/mol. The lowest BCUT2D eigenvalue weighted by Crippen LogP contribution is -2.54. The quantitative estimate of drug-likeness (QED) is 0.726. The number of aliphatic hydroxyl groups excluding tert-OH is 1. The Kier molecular flexibility index (Phi) is 4.02. The van der Waals surface area contributed by atoms with Gasteiger partial charge in [-0.1, -0.05) is 13.8 Å². The molecule has 24 heavy (non-hydrogen) atoms. The molecule has 0 bridgehead atoms. The maximum atomic E-state index is 11.3. The molecule has 4 rings (SSSR count). The van der Waals surface area contributed by atoms with Crippen molar-refractivity contribution < 1.29 is 14.6 Å². The molecule has 136 valence electrons.